The lowest BCUT2D eigenvalue weighted by atomic mass is 9.79. The Bertz CT molecular complexity index is 550. The first-order chi connectivity index (χ1) is 9.90. The topological polar surface area (TPSA) is 66.4 Å². The van der Waals surface area contributed by atoms with Crippen LogP contribution in [-0.2, 0) is 9.59 Å². The summed E-state index contributed by atoms with van der Waals surface area (Å²) in [6.07, 6.45) is 4.03. The number of carboxylic acid groups (broad SMARTS) is 1. The van der Waals surface area contributed by atoms with Crippen molar-refractivity contribution in [1.82, 2.24) is 0 Å². The molecule has 1 amide bonds. The molecule has 1 saturated carbocycles. The number of hydrogen-bond donors (Lipinski definition) is 2. The van der Waals surface area contributed by atoms with Gasteiger partial charge in [0.2, 0.25) is 5.91 Å². The van der Waals surface area contributed by atoms with E-state index in [4.69, 9.17) is 5.11 Å². The van der Waals surface area contributed by atoms with Crippen LogP contribution < -0.4 is 5.32 Å². The number of carbonyl (C=O) groups excluding carboxylic acids is 1. The fourth-order valence-corrected chi connectivity index (χ4v) is 3.49. The minimum Gasteiger partial charge on any atom is -0.481 e. The highest BCUT2D eigenvalue weighted by atomic mass is 79.9. The third-order valence-corrected chi connectivity index (χ3v) is 4.69. The Balaban J connectivity index is 2.06. The number of rotatable bonds is 5. The molecule has 2 N–H and O–H groups in total. The average Bonchev–Trinajstić information content (AvgIpc) is 2.80. The fourth-order valence-electron chi connectivity index (χ4n) is 3.13. The van der Waals surface area contributed by atoms with Crippen molar-refractivity contribution in [1.29, 1.82) is 0 Å². The zero-order chi connectivity index (χ0) is 15.5. The summed E-state index contributed by atoms with van der Waals surface area (Å²) in [7, 11) is 0. The summed E-state index contributed by atoms with van der Waals surface area (Å²) < 4.78 is 0.907. The Labute approximate surface area is 133 Å². The number of carboxylic acids is 1. The molecule has 1 aromatic carbocycles. The molecular weight excluding hydrogens is 334 g/mol. The van der Waals surface area contributed by atoms with Crippen molar-refractivity contribution in [3.05, 3.63) is 28.2 Å². The van der Waals surface area contributed by atoms with Crippen molar-refractivity contribution in [3.63, 3.8) is 0 Å². The summed E-state index contributed by atoms with van der Waals surface area (Å²) in [6, 6.07) is 5.72. The Morgan fingerprint density at radius 3 is 2.57 bits per heavy atom. The second-order valence-corrected chi connectivity index (χ2v) is 6.88. The van der Waals surface area contributed by atoms with Crippen LogP contribution in [0.3, 0.4) is 0 Å². The van der Waals surface area contributed by atoms with Gasteiger partial charge in [-0.25, -0.2) is 0 Å². The number of anilines is 1. The van der Waals surface area contributed by atoms with Crippen LogP contribution in [-0.4, -0.2) is 17.0 Å². The van der Waals surface area contributed by atoms with Crippen LogP contribution in [0.15, 0.2) is 22.7 Å². The molecule has 1 aliphatic rings. The van der Waals surface area contributed by atoms with Crippen molar-refractivity contribution < 1.29 is 14.7 Å². The second-order valence-electron chi connectivity index (χ2n) is 5.96. The monoisotopic (exact) mass is 353 g/mol. The van der Waals surface area contributed by atoms with Crippen molar-refractivity contribution in [2.24, 2.45) is 5.41 Å². The van der Waals surface area contributed by atoms with Gasteiger partial charge in [-0.15, -0.1) is 0 Å². The molecule has 1 fully saturated rings. The van der Waals surface area contributed by atoms with E-state index in [-0.39, 0.29) is 24.2 Å². The van der Waals surface area contributed by atoms with E-state index >= 15 is 0 Å². The summed E-state index contributed by atoms with van der Waals surface area (Å²) in [5, 5.41) is 12.0. The molecule has 0 aliphatic heterocycles. The fraction of sp³-hybridized carbons (Fsp3) is 0.500. The maximum atomic E-state index is 12.3. The molecule has 21 heavy (non-hydrogen) atoms. The number of nitrogens with one attached hydrogen (secondary N) is 1. The van der Waals surface area contributed by atoms with Crippen LogP contribution in [0.4, 0.5) is 5.69 Å². The molecule has 0 heterocycles. The lowest BCUT2D eigenvalue weighted by molar-refractivity contribution is -0.140. The third-order valence-electron chi connectivity index (χ3n) is 4.20. The standard InChI is InChI=1S/C16H20BrNO3/c1-11-4-5-12(17)8-13(11)18-14(19)9-16(10-15(20)21)6-2-3-7-16/h4-5,8H,2-3,6-7,9-10H2,1H3,(H,18,19)(H,20,21). The average molecular weight is 354 g/mol. The third kappa shape index (κ3) is 4.30. The Morgan fingerprint density at radius 1 is 1.29 bits per heavy atom. The van der Waals surface area contributed by atoms with Crippen LogP contribution in [0.1, 0.15) is 44.1 Å². The van der Waals surface area contributed by atoms with Gasteiger partial charge < -0.3 is 10.4 Å². The van der Waals surface area contributed by atoms with Crippen LogP contribution in [0, 0.1) is 12.3 Å². The summed E-state index contributed by atoms with van der Waals surface area (Å²) in [6.45, 7) is 1.94. The van der Waals surface area contributed by atoms with Crippen molar-refractivity contribution in [2.75, 3.05) is 5.32 Å². The first-order valence-electron chi connectivity index (χ1n) is 7.18. The van der Waals surface area contributed by atoms with Crippen LogP contribution in [0.2, 0.25) is 0 Å². The quantitative estimate of drug-likeness (QED) is 0.836. The predicted molar refractivity (Wildman–Crippen MR) is 85.3 cm³/mol. The highest BCUT2D eigenvalue weighted by Gasteiger charge is 2.38. The second kappa shape index (κ2) is 6.60. The van der Waals surface area contributed by atoms with Gasteiger partial charge >= 0.3 is 5.97 Å². The van der Waals surface area contributed by atoms with Crippen LogP contribution >= 0.6 is 15.9 Å². The molecule has 1 aliphatic carbocycles. The molecule has 0 unspecified atom stereocenters. The Kier molecular flexibility index (Phi) is 5.04. The highest BCUT2D eigenvalue weighted by Crippen LogP contribution is 2.44. The van der Waals surface area contributed by atoms with Gasteiger partial charge in [0.1, 0.15) is 0 Å². The molecule has 2 rings (SSSR count). The van der Waals surface area contributed by atoms with Gasteiger partial charge in [0.15, 0.2) is 0 Å². The van der Waals surface area contributed by atoms with Gasteiger partial charge in [0.25, 0.3) is 0 Å². The number of benzene rings is 1. The van der Waals surface area contributed by atoms with E-state index in [0.29, 0.717) is 0 Å². The Hall–Kier alpha value is -1.36. The highest BCUT2D eigenvalue weighted by molar-refractivity contribution is 9.10. The van der Waals surface area contributed by atoms with Gasteiger partial charge in [-0.05, 0) is 42.9 Å². The molecule has 114 valence electrons. The largest absolute Gasteiger partial charge is 0.481 e. The molecule has 1 aromatic rings. The molecule has 0 spiro atoms. The first-order valence-corrected chi connectivity index (χ1v) is 7.97. The van der Waals surface area contributed by atoms with E-state index in [1.54, 1.807) is 0 Å². The van der Waals surface area contributed by atoms with Gasteiger partial charge in [0.05, 0.1) is 6.42 Å². The van der Waals surface area contributed by atoms with Crippen molar-refractivity contribution in [3.8, 4) is 0 Å². The molecule has 0 aromatic heterocycles. The van der Waals surface area contributed by atoms with Crippen molar-refractivity contribution in [2.45, 2.75) is 45.4 Å². The summed E-state index contributed by atoms with van der Waals surface area (Å²) in [5.41, 5.74) is 1.40. The van der Waals surface area contributed by atoms with Gasteiger partial charge in [-0.2, -0.15) is 0 Å². The van der Waals surface area contributed by atoms with Crippen LogP contribution in [0.5, 0.6) is 0 Å². The van der Waals surface area contributed by atoms with E-state index in [2.05, 4.69) is 21.2 Å². The molecule has 0 bridgehead atoms. The van der Waals surface area contributed by atoms with Crippen molar-refractivity contribution >= 4 is 33.5 Å². The number of carbonyl (C=O) groups is 2. The number of halogens is 1. The predicted octanol–water partition coefficient (Wildman–Crippen LogP) is 4.12. The summed E-state index contributed by atoms with van der Waals surface area (Å²) in [4.78, 5) is 23.4. The SMILES string of the molecule is Cc1ccc(Br)cc1NC(=O)CC1(CC(=O)O)CCCC1. The smallest absolute Gasteiger partial charge is 0.303 e. The Morgan fingerprint density at radius 2 is 1.95 bits per heavy atom. The minimum atomic E-state index is -0.816. The van der Waals surface area contributed by atoms with Crippen LogP contribution in [0.25, 0.3) is 0 Å². The van der Waals surface area contributed by atoms with Gasteiger partial charge in [-0.3, -0.25) is 9.59 Å². The molecular formula is C16H20BrNO3. The molecule has 5 heteroatoms. The number of aryl methyl sites for hydroxylation is 1. The zero-order valence-corrected chi connectivity index (χ0v) is 13.7. The van der Waals surface area contributed by atoms with E-state index in [0.717, 1.165) is 41.4 Å². The molecule has 0 atom stereocenters. The summed E-state index contributed by atoms with van der Waals surface area (Å²) in [5.74, 6) is -0.914. The zero-order valence-electron chi connectivity index (χ0n) is 12.1. The van der Waals surface area contributed by atoms with Gasteiger partial charge in [0, 0.05) is 16.6 Å². The van der Waals surface area contributed by atoms with Gasteiger partial charge in [-0.1, -0.05) is 34.8 Å². The lowest BCUT2D eigenvalue weighted by Crippen LogP contribution is -2.27. The van der Waals surface area contributed by atoms with E-state index in [1.165, 1.54) is 0 Å². The normalized spacial score (nSPS) is 16.7. The first kappa shape index (κ1) is 16.0. The lowest BCUT2D eigenvalue weighted by Gasteiger charge is -2.26. The van der Waals surface area contributed by atoms with E-state index in [9.17, 15) is 9.59 Å². The van der Waals surface area contributed by atoms with E-state index in [1.807, 2.05) is 25.1 Å². The molecule has 4 nitrogen and oxygen atoms in total. The molecule has 0 saturated heterocycles. The molecule has 0 radical (unpaired) electrons. The summed E-state index contributed by atoms with van der Waals surface area (Å²) >= 11 is 3.39. The minimum absolute atomic E-state index is 0.0812. The number of hydrogen-bond acceptors (Lipinski definition) is 2. The van der Waals surface area contributed by atoms with E-state index < -0.39 is 5.97 Å². The maximum Gasteiger partial charge on any atom is 0.303 e. The number of amides is 1. The maximum absolute atomic E-state index is 12.3. The number of aliphatic carboxylic acids is 1.